The first-order valence-electron chi connectivity index (χ1n) is 18.9. The summed E-state index contributed by atoms with van der Waals surface area (Å²) in [6.45, 7) is 3.41. The average molecular weight is 832 g/mol. The molecule has 0 aliphatic carbocycles. The van der Waals surface area contributed by atoms with Crippen LogP contribution in [0.15, 0.2) is 36.8 Å². The molecule has 1 aromatic heterocycles. The molecule has 8 atom stereocenters. The van der Waals surface area contributed by atoms with Gasteiger partial charge in [0.1, 0.15) is 42.0 Å². The number of phenolic OH excluding ortho intramolecular Hbond substituents is 1. The Bertz CT molecular complexity index is 1790. The number of aromatic hydroxyl groups is 1. The van der Waals surface area contributed by atoms with Crippen LogP contribution in [0.1, 0.15) is 57.7 Å². The number of aromatic amines is 1. The van der Waals surface area contributed by atoms with Gasteiger partial charge in [0.15, 0.2) is 0 Å². The maximum absolute atomic E-state index is 13.5. The molecule has 22 heteroatoms. The van der Waals surface area contributed by atoms with Crippen molar-refractivity contribution in [1.29, 1.82) is 0 Å². The number of amides is 6. The van der Waals surface area contributed by atoms with Gasteiger partial charge in [-0.25, -0.2) is 9.78 Å². The molecule has 3 rings (SSSR count). The highest BCUT2D eigenvalue weighted by Crippen LogP contribution is 2.20. The van der Waals surface area contributed by atoms with Gasteiger partial charge in [0.25, 0.3) is 0 Å². The lowest BCUT2D eigenvalue weighted by molar-refractivity contribution is -0.142. The van der Waals surface area contributed by atoms with E-state index in [1.54, 1.807) is 13.8 Å². The van der Waals surface area contributed by atoms with Crippen LogP contribution in [0, 0.1) is 5.92 Å². The number of aliphatic carboxylic acids is 2. The summed E-state index contributed by atoms with van der Waals surface area (Å²) in [5.41, 5.74) is 7.18. The Morgan fingerprint density at radius 2 is 1.46 bits per heavy atom. The molecule has 6 amide bonds. The molecular weight excluding hydrogens is 778 g/mol. The number of carboxylic acid groups (broad SMARTS) is 2. The molecule has 2 aromatic rings. The minimum atomic E-state index is -1.80. The molecule has 0 spiro atoms. The Morgan fingerprint density at radius 1 is 0.847 bits per heavy atom. The number of phenols is 1. The van der Waals surface area contributed by atoms with Crippen molar-refractivity contribution < 1.29 is 63.9 Å². The number of hydrogen-bond donors (Lipinski definition) is 12. The maximum Gasteiger partial charge on any atom is 0.326 e. The van der Waals surface area contributed by atoms with E-state index in [1.807, 2.05) is 0 Å². The number of benzene rings is 1. The molecule has 59 heavy (non-hydrogen) atoms. The summed E-state index contributed by atoms with van der Waals surface area (Å²) in [5.74, 6) is -9.01. The summed E-state index contributed by atoms with van der Waals surface area (Å²) in [6.07, 6.45) is 0.835. The third-order valence-corrected chi connectivity index (χ3v) is 9.55. The van der Waals surface area contributed by atoms with Crippen LogP contribution in [0.5, 0.6) is 5.75 Å². The Hall–Kier alpha value is -6.13. The number of aliphatic hydroxyl groups is 2. The summed E-state index contributed by atoms with van der Waals surface area (Å²) in [5, 5.41) is 60.8. The van der Waals surface area contributed by atoms with Crippen LogP contribution in [0.4, 0.5) is 0 Å². The predicted octanol–water partition coefficient (Wildman–Crippen LogP) is -3.38. The number of hydrogen-bond acceptors (Lipinski definition) is 13. The van der Waals surface area contributed by atoms with Crippen LogP contribution < -0.4 is 32.3 Å². The second-order valence-electron chi connectivity index (χ2n) is 14.5. The lowest BCUT2D eigenvalue weighted by Gasteiger charge is -2.30. The van der Waals surface area contributed by atoms with Crippen LogP contribution in [0.2, 0.25) is 0 Å². The van der Waals surface area contributed by atoms with Gasteiger partial charge >= 0.3 is 11.9 Å². The predicted molar refractivity (Wildman–Crippen MR) is 205 cm³/mol. The lowest BCUT2D eigenvalue weighted by Crippen LogP contribution is -2.62. The highest BCUT2D eigenvalue weighted by Gasteiger charge is 2.39. The molecule has 1 aromatic carbocycles. The van der Waals surface area contributed by atoms with Crippen LogP contribution in [-0.2, 0) is 51.2 Å². The van der Waals surface area contributed by atoms with Crippen LogP contribution in [0.25, 0.3) is 0 Å². The van der Waals surface area contributed by atoms with E-state index in [1.165, 1.54) is 48.6 Å². The molecule has 1 aliphatic heterocycles. The molecule has 1 fully saturated rings. The summed E-state index contributed by atoms with van der Waals surface area (Å²) < 4.78 is 0. The zero-order valence-electron chi connectivity index (χ0n) is 32.8. The van der Waals surface area contributed by atoms with Crippen molar-refractivity contribution in [3.63, 3.8) is 0 Å². The highest BCUT2D eigenvalue weighted by atomic mass is 16.4. The zero-order valence-corrected chi connectivity index (χ0v) is 32.8. The number of likely N-dealkylation sites (tertiary alicyclic amines) is 1. The Balaban J connectivity index is 1.69. The summed E-state index contributed by atoms with van der Waals surface area (Å²) >= 11 is 0. The molecular formula is C37H53N9O13. The Morgan fingerprint density at radius 3 is 2.02 bits per heavy atom. The van der Waals surface area contributed by atoms with Gasteiger partial charge in [0, 0.05) is 37.7 Å². The number of aromatic nitrogens is 2. The number of rotatable bonds is 22. The summed E-state index contributed by atoms with van der Waals surface area (Å²) in [7, 11) is 0. The second-order valence-corrected chi connectivity index (χ2v) is 14.5. The molecule has 1 aliphatic rings. The van der Waals surface area contributed by atoms with E-state index in [4.69, 9.17) is 5.73 Å². The van der Waals surface area contributed by atoms with Crippen molar-refractivity contribution in [3.05, 3.63) is 48.0 Å². The molecule has 0 saturated carbocycles. The van der Waals surface area contributed by atoms with Crippen molar-refractivity contribution in [1.82, 2.24) is 41.5 Å². The zero-order chi connectivity index (χ0) is 44.0. The molecule has 1 saturated heterocycles. The lowest BCUT2D eigenvalue weighted by atomic mass is 10.00. The number of carbonyl (C=O) groups excluding carboxylic acids is 6. The number of nitrogens with one attached hydrogen (secondary N) is 6. The van der Waals surface area contributed by atoms with Gasteiger partial charge < -0.3 is 67.7 Å². The van der Waals surface area contributed by atoms with Crippen molar-refractivity contribution in [2.24, 2.45) is 11.7 Å². The standard InChI is InChI=1S/C37H53N9O13/c1-18(2)29(34(55)42-25(37(58)59)13-20-6-8-22(49)9-7-20)44-31(52)24(10-11-28(50)51)41-32(53)26(16-47)43-35(56)30(19(3)48)45-33(54)27-5-4-12-46(27)36(57)23(38)14-21-15-39-17-40-21/h6-9,15,17-19,23-27,29-30,47-49H,4-5,10-14,16,38H2,1-3H3,(H,39,40)(H,41,53)(H,42,55)(H,43,56)(H,44,52)(H,45,54)(H,50,51)(H,58,59)/t19-,23+,24+,25+,26+,27+,29+,30+/m1/s1. The molecule has 0 unspecified atom stereocenters. The fourth-order valence-electron chi connectivity index (χ4n) is 6.27. The topological polar surface area (TPSA) is 356 Å². The van der Waals surface area contributed by atoms with Crippen LogP contribution in [-0.4, -0.2) is 149 Å². The minimum Gasteiger partial charge on any atom is -0.508 e. The van der Waals surface area contributed by atoms with E-state index in [9.17, 15) is 63.9 Å². The van der Waals surface area contributed by atoms with Crippen LogP contribution in [0.3, 0.4) is 0 Å². The monoisotopic (exact) mass is 831 g/mol. The summed E-state index contributed by atoms with van der Waals surface area (Å²) in [6, 6.07) is -4.41. The van der Waals surface area contributed by atoms with E-state index in [-0.39, 0.29) is 31.6 Å². The first-order valence-corrected chi connectivity index (χ1v) is 18.9. The van der Waals surface area contributed by atoms with Crippen molar-refractivity contribution in [3.8, 4) is 5.75 Å². The van der Waals surface area contributed by atoms with Gasteiger partial charge in [-0.2, -0.15) is 0 Å². The number of carboxylic acids is 2. The second kappa shape index (κ2) is 22.1. The first kappa shape index (κ1) is 47.2. The fourth-order valence-corrected chi connectivity index (χ4v) is 6.27. The van der Waals surface area contributed by atoms with Gasteiger partial charge in [-0.3, -0.25) is 33.6 Å². The third kappa shape index (κ3) is 14.0. The average Bonchev–Trinajstić information content (AvgIpc) is 3.89. The molecule has 324 valence electrons. The molecule has 13 N–H and O–H groups in total. The molecule has 0 radical (unpaired) electrons. The Labute approximate surface area is 338 Å². The van der Waals surface area contributed by atoms with Gasteiger partial charge in [-0.15, -0.1) is 0 Å². The maximum atomic E-state index is 13.5. The van der Waals surface area contributed by atoms with E-state index in [0.29, 0.717) is 17.7 Å². The van der Waals surface area contributed by atoms with Gasteiger partial charge in [0.05, 0.1) is 25.1 Å². The number of imidazole rings is 1. The van der Waals surface area contributed by atoms with Crippen molar-refractivity contribution in [2.75, 3.05) is 13.2 Å². The van der Waals surface area contributed by atoms with E-state index in [0.717, 1.165) is 0 Å². The first-order chi connectivity index (χ1) is 27.8. The van der Waals surface area contributed by atoms with Crippen molar-refractivity contribution >= 4 is 47.4 Å². The van der Waals surface area contributed by atoms with E-state index < -0.39 is 121 Å². The number of nitrogens with zero attached hydrogens (tertiary/aromatic N) is 2. The quantitative estimate of drug-likeness (QED) is 0.0551. The SMILES string of the molecule is CC(C)[C@H](NC(=O)[C@H](CCC(=O)O)NC(=O)[C@H](CO)NC(=O)[C@@H](NC(=O)[C@@H]1CCCN1C(=O)[C@@H](N)Cc1cnc[nH]1)[C@@H](C)O)C(=O)N[C@@H](Cc1ccc(O)cc1)C(=O)O. The normalized spacial score (nSPS) is 17.3. The smallest absolute Gasteiger partial charge is 0.326 e. The molecule has 2 heterocycles. The van der Waals surface area contributed by atoms with Gasteiger partial charge in [-0.1, -0.05) is 26.0 Å². The Kier molecular flexibility index (Phi) is 17.7. The fraction of sp³-hybridized carbons (Fsp3) is 0.541. The summed E-state index contributed by atoms with van der Waals surface area (Å²) in [4.78, 5) is 112. The number of nitrogens with two attached hydrogens (primary N) is 1. The number of aliphatic hydroxyl groups excluding tert-OH is 2. The van der Waals surface area contributed by atoms with Crippen LogP contribution >= 0.6 is 0 Å². The van der Waals surface area contributed by atoms with Gasteiger partial charge in [0.2, 0.25) is 35.4 Å². The van der Waals surface area contributed by atoms with Gasteiger partial charge in [-0.05, 0) is 49.8 Å². The largest absolute Gasteiger partial charge is 0.508 e. The minimum absolute atomic E-state index is 0.0526. The van der Waals surface area contributed by atoms with Crippen molar-refractivity contribution in [2.45, 2.75) is 108 Å². The van der Waals surface area contributed by atoms with E-state index >= 15 is 0 Å². The van der Waals surface area contributed by atoms with E-state index in [2.05, 4.69) is 36.6 Å². The number of carbonyl (C=O) groups is 8. The molecule has 0 bridgehead atoms. The highest BCUT2D eigenvalue weighted by molar-refractivity contribution is 5.97. The molecule has 22 nitrogen and oxygen atoms in total. The third-order valence-electron chi connectivity index (χ3n) is 9.55. The number of H-pyrrole nitrogens is 1.